The standard InChI is InChI=1S/C98H166N8O16/c1-83(2)45-61(46-84(3,4)99(83)31)115-75(107)43-73(81(113)120-65-53-91(17,18)103(35)92(19,20)54-65)74(82(114)121-66-55-93(21,22)104(36)94(23,24)56-66)44-76(108)116-67-57-95(25,26)105(37)97(29,59-67)39-40-98(30)60-68(58-96(27,28)106(98)38)122-80(112)72-42-70(78(110)118-63-49-87(9,10)101(33)88(11,12)50-63)69(77(109)117-62-47-85(5,6)100(32)86(7,8)48-62)41-71(72)79(111)119-64-51-89(13,14)102(34)90(15,16)52-64/h41-42,61-68,73-74H,39-40,43-60H2,1-38H3. The van der Waals surface area contributed by atoms with Crippen LogP contribution in [0.3, 0.4) is 0 Å². The molecule has 0 N–H and O–H groups in total. The summed E-state index contributed by atoms with van der Waals surface area (Å²) in [6.07, 6.45) is 2.69. The van der Waals surface area contributed by atoms with Gasteiger partial charge >= 0.3 is 47.8 Å². The Morgan fingerprint density at radius 3 is 0.574 bits per heavy atom. The molecule has 0 bridgehead atoms. The molecule has 1 aromatic carbocycles. The van der Waals surface area contributed by atoms with E-state index >= 15 is 33.6 Å². The molecular weight excluding hydrogens is 1550 g/mol. The fourth-order valence-electron chi connectivity index (χ4n) is 23.9. The van der Waals surface area contributed by atoms with Gasteiger partial charge in [-0.15, -0.1) is 0 Å². The zero-order valence-electron chi connectivity index (χ0n) is 83.2. The minimum atomic E-state index is -1.50. The van der Waals surface area contributed by atoms with Crippen molar-refractivity contribution in [2.24, 2.45) is 11.8 Å². The average molecular weight is 1710 g/mol. The molecule has 0 aromatic heterocycles. The van der Waals surface area contributed by atoms with Crippen LogP contribution in [0.15, 0.2) is 12.1 Å². The van der Waals surface area contributed by atoms with Crippen LogP contribution < -0.4 is 0 Å². The third kappa shape index (κ3) is 21.6. The van der Waals surface area contributed by atoms with Gasteiger partial charge in [-0.2, -0.15) is 0 Å². The van der Waals surface area contributed by atoms with Gasteiger partial charge in [-0.05, 0) is 289 Å². The smallest absolute Gasteiger partial charge is 0.339 e. The summed E-state index contributed by atoms with van der Waals surface area (Å²) >= 11 is 0. The Labute approximate surface area is 735 Å². The molecule has 0 saturated carbocycles. The summed E-state index contributed by atoms with van der Waals surface area (Å²) in [6, 6.07) is 2.61. The molecule has 0 amide bonds. The summed E-state index contributed by atoms with van der Waals surface area (Å²) in [6.45, 7) is 63.6. The maximum absolute atomic E-state index is 15.9. The zero-order chi connectivity index (χ0) is 92.5. The molecule has 24 heteroatoms. The Hall–Kier alpha value is -5.34. The molecule has 8 heterocycles. The maximum atomic E-state index is 15.9. The fraction of sp³-hybridized carbons (Fsp3) is 0.857. The van der Waals surface area contributed by atoms with E-state index < -0.39 is 166 Å². The van der Waals surface area contributed by atoms with Crippen molar-refractivity contribution in [1.82, 2.24) is 39.2 Å². The summed E-state index contributed by atoms with van der Waals surface area (Å²) in [5.41, 5.74) is -7.92. The predicted molar refractivity (Wildman–Crippen MR) is 478 cm³/mol. The first kappa shape index (κ1) is 100. The largest absolute Gasteiger partial charge is 0.462 e. The van der Waals surface area contributed by atoms with Gasteiger partial charge in [-0.3, -0.25) is 58.4 Å². The van der Waals surface area contributed by atoms with Crippen LogP contribution >= 0.6 is 0 Å². The highest BCUT2D eigenvalue weighted by Crippen LogP contribution is 2.50. The molecule has 8 saturated heterocycles. The number of ether oxygens (including phenoxy) is 8. The van der Waals surface area contributed by atoms with Gasteiger partial charge < -0.3 is 37.9 Å². The van der Waals surface area contributed by atoms with E-state index in [4.69, 9.17) is 37.9 Å². The minimum Gasteiger partial charge on any atom is -0.462 e. The number of hydrogen-bond donors (Lipinski definition) is 0. The van der Waals surface area contributed by atoms with Crippen LogP contribution in [0.25, 0.3) is 0 Å². The number of carbonyl (C=O) groups is 8. The van der Waals surface area contributed by atoms with Crippen LogP contribution in [0, 0.1) is 11.8 Å². The van der Waals surface area contributed by atoms with Crippen molar-refractivity contribution >= 4 is 47.8 Å². The number of piperidine rings is 8. The molecule has 8 fully saturated rings. The van der Waals surface area contributed by atoms with Gasteiger partial charge in [0.05, 0.1) is 46.9 Å². The Morgan fingerprint density at radius 1 is 0.238 bits per heavy atom. The van der Waals surface area contributed by atoms with Gasteiger partial charge in [0.2, 0.25) is 0 Å². The molecule has 6 unspecified atom stereocenters. The fourth-order valence-corrected chi connectivity index (χ4v) is 23.9. The Balaban J connectivity index is 1.03. The second-order valence-electron chi connectivity index (χ2n) is 48.6. The van der Waals surface area contributed by atoms with Crippen molar-refractivity contribution in [3.05, 3.63) is 34.4 Å². The number of carbonyl (C=O) groups excluding carboxylic acids is 8. The van der Waals surface area contributed by atoms with E-state index in [-0.39, 0.29) is 66.6 Å². The van der Waals surface area contributed by atoms with Crippen LogP contribution in [0.1, 0.15) is 378 Å². The Bertz CT molecular complexity index is 3950. The first-order chi connectivity index (χ1) is 55.1. The molecule has 694 valence electrons. The number of rotatable bonds is 22. The SMILES string of the molecule is CN1C(C)(C)CC(OC(=O)CC(C(=O)OC2CC(C)(C)N(C)C(C)(C)C2)C(CC(=O)OC2CC(C)(C)N(C)C(C)(CCC3(C)CC(OC(=O)c4cc(C(=O)OC5CC(C)(C)N(C)C(C)(C)C5)c(C(=O)OC5CC(C)(C)N(C)C(C)(C)C5)cc4C(=O)OC4CC(C)(C)N(C)C(C)(C)C4)CC(C)(C)N3C)C2)C(=O)OC2CC(C)(C)N(C)C(C)(C)C2)CC1(C)C. The highest BCUT2D eigenvalue weighted by atomic mass is 16.6. The summed E-state index contributed by atoms with van der Waals surface area (Å²) in [5, 5.41) is 0. The lowest BCUT2D eigenvalue weighted by atomic mass is 9.70. The lowest BCUT2D eigenvalue weighted by Gasteiger charge is -2.58. The van der Waals surface area contributed by atoms with E-state index in [1.165, 1.54) is 12.1 Å². The van der Waals surface area contributed by atoms with Crippen LogP contribution in [0.4, 0.5) is 0 Å². The number of hydrogen-bond acceptors (Lipinski definition) is 24. The van der Waals surface area contributed by atoms with Gasteiger partial charge in [0.15, 0.2) is 0 Å². The quantitative estimate of drug-likeness (QED) is 0.0774. The molecule has 122 heavy (non-hydrogen) atoms. The molecular formula is C98H166N8O16. The highest BCUT2D eigenvalue weighted by Gasteiger charge is 2.57. The third-order valence-electron chi connectivity index (χ3n) is 33.2. The molecule has 0 radical (unpaired) electrons. The van der Waals surface area contributed by atoms with Crippen molar-refractivity contribution in [3.8, 4) is 0 Å². The molecule has 8 aliphatic heterocycles. The van der Waals surface area contributed by atoms with Crippen molar-refractivity contribution in [2.45, 2.75) is 474 Å². The summed E-state index contributed by atoms with van der Waals surface area (Å²) < 4.78 is 52.8. The van der Waals surface area contributed by atoms with Crippen molar-refractivity contribution in [2.75, 3.05) is 56.4 Å². The topological polar surface area (TPSA) is 236 Å². The summed E-state index contributed by atoms with van der Waals surface area (Å²) in [7, 11) is 16.6. The molecule has 9 rings (SSSR count). The molecule has 24 nitrogen and oxygen atoms in total. The van der Waals surface area contributed by atoms with Gasteiger partial charge in [0.1, 0.15) is 48.8 Å². The second-order valence-corrected chi connectivity index (χ2v) is 48.6. The monoisotopic (exact) mass is 1710 g/mol. The van der Waals surface area contributed by atoms with E-state index in [0.29, 0.717) is 116 Å². The van der Waals surface area contributed by atoms with Crippen molar-refractivity contribution in [3.63, 3.8) is 0 Å². The average Bonchev–Trinajstić information content (AvgIpc) is 0.746. The maximum Gasteiger partial charge on any atom is 0.339 e. The van der Waals surface area contributed by atoms with Crippen LogP contribution in [0.2, 0.25) is 0 Å². The number of nitrogens with zero attached hydrogens (tertiary/aromatic N) is 8. The van der Waals surface area contributed by atoms with Gasteiger partial charge in [0, 0.05) is 191 Å². The number of likely N-dealkylation sites (tertiary alicyclic amines) is 8. The van der Waals surface area contributed by atoms with Crippen molar-refractivity contribution < 1.29 is 76.3 Å². The van der Waals surface area contributed by atoms with Gasteiger partial charge in [-0.25, -0.2) is 19.2 Å². The van der Waals surface area contributed by atoms with E-state index in [1.807, 2.05) is 0 Å². The van der Waals surface area contributed by atoms with E-state index in [2.05, 4.69) is 303 Å². The van der Waals surface area contributed by atoms with Gasteiger partial charge in [-0.1, -0.05) is 0 Å². The van der Waals surface area contributed by atoms with E-state index in [0.717, 1.165) is 0 Å². The highest BCUT2D eigenvalue weighted by molar-refractivity contribution is 6.10. The van der Waals surface area contributed by atoms with Gasteiger partial charge in [0.25, 0.3) is 0 Å². The third-order valence-corrected chi connectivity index (χ3v) is 33.2. The van der Waals surface area contributed by atoms with Crippen LogP contribution in [0.5, 0.6) is 0 Å². The zero-order valence-corrected chi connectivity index (χ0v) is 83.2. The normalized spacial score (nSPS) is 30.0. The number of esters is 8. The lowest BCUT2D eigenvalue weighted by Crippen LogP contribution is -2.64. The number of benzene rings is 1. The predicted octanol–water partition coefficient (Wildman–Crippen LogP) is 16.5. The second kappa shape index (κ2) is 34.3. The van der Waals surface area contributed by atoms with Crippen LogP contribution in [-0.4, -0.2) is 281 Å². The molecule has 0 spiro atoms. The first-order valence-corrected chi connectivity index (χ1v) is 45.8. The lowest BCUT2D eigenvalue weighted by molar-refractivity contribution is -0.183. The first-order valence-electron chi connectivity index (χ1n) is 45.8. The van der Waals surface area contributed by atoms with E-state index in [1.54, 1.807) is 0 Å². The summed E-state index contributed by atoms with van der Waals surface area (Å²) in [4.78, 5) is 142. The Kier molecular flexibility index (Phi) is 28.2. The van der Waals surface area contributed by atoms with E-state index in [9.17, 15) is 4.79 Å². The van der Waals surface area contributed by atoms with Crippen molar-refractivity contribution in [1.29, 1.82) is 0 Å². The molecule has 0 aliphatic carbocycles. The van der Waals surface area contributed by atoms with Crippen LogP contribution in [-0.2, 0) is 57.1 Å². The molecule has 8 aliphatic rings. The molecule has 6 atom stereocenters. The molecule has 1 aromatic rings. The summed E-state index contributed by atoms with van der Waals surface area (Å²) in [5.74, 6) is -9.28. The minimum absolute atomic E-state index is 0.216. The Morgan fingerprint density at radius 2 is 0.385 bits per heavy atom.